The molecule has 166 valence electrons. The first-order valence-corrected chi connectivity index (χ1v) is 9.14. The van der Waals surface area contributed by atoms with Gasteiger partial charge in [-0.3, -0.25) is 9.59 Å². The van der Waals surface area contributed by atoms with Gasteiger partial charge < -0.3 is 19.2 Å². The summed E-state index contributed by atoms with van der Waals surface area (Å²) >= 11 is 0. The van der Waals surface area contributed by atoms with E-state index in [0.717, 1.165) is 7.11 Å². The molecule has 10 heteroatoms. The number of ether oxygens (including phenoxy) is 2. The standard InChI is InChI=1S/C22H16F3NO6/c1-30-22(29)20-19(31-10-12-5-3-2-4-6-12)18(27)15(11-32-20)21(28)26-9-14-16(24)7-13(23)8-17(14)25/h2-8,11H,9-10H2,1H3,(H,26,28). The van der Waals surface area contributed by atoms with Gasteiger partial charge in [0.05, 0.1) is 7.11 Å². The first kappa shape index (κ1) is 22.6. The molecule has 0 fully saturated rings. The van der Waals surface area contributed by atoms with Crippen LogP contribution in [0.2, 0.25) is 0 Å². The third-order valence-corrected chi connectivity index (χ3v) is 4.32. The Bertz CT molecular complexity index is 1190. The van der Waals surface area contributed by atoms with Crippen LogP contribution in [0.3, 0.4) is 0 Å². The quantitative estimate of drug-likeness (QED) is 0.559. The molecular formula is C22H16F3NO6. The van der Waals surface area contributed by atoms with Gasteiger partial charge in [0.2, 0.25) is 11.2 Å². The fourth-order valence-corrected chi connectivity index (χ4v) is 2.71. The third-order valence-electron chi connectivity index (χ3n) is 4.32. The van der Waals surface area contributed by atoms with Crippen LogP contribution in [0.1, 0.15) is 32.0 Å². The van der Waals surface area contributed by atoms with Crippen LogP contribution in [0.25, 0.3) is 0 Å². The number of carbonyl (C=O) groups is 2. The van der Waals surface area contributed by atoms with Crippen LogP contribution < -0.4 is 15.5 Å². The molecule has 1 N–H and O–H groups in total. The van der Waals surface area contributed by atoms with E-state index in [1.807, 2.05) is 0 Å². The molecule has 0 radical (unpaired) electrons. The molecule has 0 unspecified atom stereocenters. The minimum absolute atomic E-state index is 0.118. The maximum Gasteiger partial charge on any atom is 0.378 e. The second-order valence-electron chi connectivity index (χ2n) is 6.43. The summed E-state index contributed by atoms with van der Waals surface area (Å²) in [4.78, 5) is 37.2. The molecule has 0 aliphatic carbocycles. The zero-order valence-electron chi connectivity index (χ0n) is 16.6. The van der Waals surface area contributed by atoms with Gasteiger partial charge in [-0.1, -0.05) is 30.3 Å². The maximum absolute atomic E-state index is 13.8. The van der Waals surface area contributed by atoms with E-state index >= 15 is 0 Å². The molecule has 0 atom stereocenters. The molecule has 0 saturated carbocycles. The van der Waals surface area contributed by atoms with Crippen molar-refractivity contribution in [2.24, 2.45) is 0 Å². The van der Waals surface area contributed by atoms with E-state index < -0.39 is 63.9 Å². The summed E-state index contributed by atoms with van der Waals surface area (Å²) in [6.45, 7) is -0.790. The molecular weight excluding hydrogens is 431 g/mol. The Morgan fingerprint density at radius 2 is 1.72 bits per heavy atom. The first-order valence-electron chi connectivity index (χ1n) is 9.14. The molecule has 1 aromatic heterocycles. The molecule has 1 heterocycles. The van der Waals surface area contributed by atoms with Crippen molar-refractivity contribution in [2.45, 2.75) is 13.2 Å². The van der Waals surface area contributed by atoms with Crippen molar-refractivity contribution in [2.75, 3.05) is 7.11 Å². The van der Waals surface area contributed by atoms with Gasteiger partial charge in [0, 0.05) is 24.2 Å². The summed E-state index contributed by atoms with van der Waals surface area (Å²) < 4.78 is 55.6. The molecule has 1 amide bonds. The van der Waals surface area contributed by atoms with E-state index in [-0.39, 0.29) is 6.61 Å². The van der Waals surface area contributed by atoms with Crippen LogP contribution in [0.15, 0.2) is 57.9 Å². The summed E-state index contributed by atoms with van der Waals surface area (Å²) in [5, 5.41) is 2.15. The van der Waals surface area contributed by atoms with Crippen LogP contribution in [0, 0.1) is 17.5 Å². The average molecular weight is 447 g/mol. The molecule has 0 spiro atoms. The number of benzene rings is 2. The van der Waals surface area contributed by atoms with Gasteiger partial charge >= 0.3 is 5.97 Å². The maximum atomic E-state index is 13.8. The summed E-state index contributed by atoms with van der Waals surface area (Å²) in [6, 6.07) is 9.58. The van der Waals surface area contributed by atoms with Crippen LogP contribution in [0.5, 0.6) is 5.75 Å². The largest absolute Gasteiger partial charge is 0.481 e. The Morgan fingerprint density at radius 3 is 2.34 bits per heavy atom. The highest BCUT2D eigenvalue weighted by Gasteiger charge is 2.25. The van der Waals surface area contributed by atoms with Crippen molar-refractivity contribution >= 4 is 11.9 Å². The average Bonchev–Trinajstić information content (AvgIpc) is 2.77. The highest BCUT2D eigenvalue weighted by Crippen LogP contribution is 2.19. The monoisotopic (exact) mass is 447 g/mol. The minimum Gasteiger partial charge on any atom is -0.481 e. The lowest BCUT2D eigenvalue weighted by Crippen LogP contribution is -2.30. The van der Waals surface area contributed by atoms with Gasteiger partial charge in [0.25, 0.3) is 11.7 Å². The fourth-order valence-electron chi connectivity index (χ4n) is 2.71. The summed E-state index contributed by atoms with van der Waals surface area (Å²) in [6.07, 6.45) is 0.705. The van der Waals surface area contributed by atoms with E-state index in [1.54, 1.807) is 30.3 Å². The molecule has 0 bridgehead atoms. The van der Waals surface area contributed by atoms with E-state index in [2.05, 4.69) is 10.1 Å². The van der Waals surface area contributed by atoms with Gasteiger partial charge in [-0.2, -0.15) is 0 Å². The van der Waals surface area contributed by atoms with Crippen molar-refractivity contribution in [3.05, 3.63) is 98.9 Å². The van der Waals surface area contributed by atoms with E-state index in [0.29, 0.717) is 24.0 Å². The number of halogens is 3. The van der Waals surface area contributed by atoms with Crippen molar-refractivity contribution in [3.8, 4) is 5.75 Å². The van der Waals surface area contributed by atoms with Crippen LogP contribution in [-0.4, -0.2) is 19.0 Å². The Labute approximate surface area is 179 Å². The van der Waals surface area contributed by atoms with Gasteiger partial charge in [-0.15, -0.1) is 0 Å². The molecule has 2 aromatic carbocycles. The second-order valence-corrected chi connectivity index (χ2v) is 6.43. The van der Waals surface area contributed by atoms with E-state index in [4.69, 9.17) is 9.15 Å². The lowest BCUT2D eigenvalue weighted by atomic mass is 10.1. The number of methoxy groups -OCH3 is 1. The van der Waals surface area contributed by atoms with Gasteiger partial charge in [0.1, 0.15) is 35.9 Å². The van der Waals surface area contributed by atoms with Gasteiger partial charge in [-0.25, -0.2) is 18.0 Å². The van der Waals surface area contributed by atoms with Gasteiger partial charge in [0.15, 0.2) is 0 Å². The fraction of sp³-hybridized carbons (Fsp3) is 0.136. The number of hydrogen-bond acceptors (Lipinski definition) is 6. The lowest BCUT2D eigenvalue weighted by Gasteiger charge is -2.11. The number of hydrogen-bond donors (Lipinski definition) is 1. The predicted molar refractivity (Wildman–Crippen MR) is 105 cm³/mol. The molecule has 7 nitrogen and oxygen atoms in total. The van der Waals surface area contributed by atoms with Crippen LogP contribution >= 0.6 is 0 Å². The number of nitrogens with one attached hydrogen (secondary N) is 1. The van der Waals surface area contributed by atoms with Crippen molar-refractivity contribution < 1.29 is 36.7 Å². The number of carbonyl (C=O) groups excluding carboxylic acids is 2. The summed E-state index contributed by atoms with van der Waals surface area (Å²) in [7, 11) is 1.07. The number of amides is 1. The van der Waals surface area contributed by atoms with Crippen molar-refractivity contribution in [1.82, 2.24) is 5.32 Å². The first-order chi connectivity index (χ1) is 15.3. The lowest BCUT2D eigenvalue weighted by molar-refractivity contribution is 0.0551. The summed E-state index contributed by atoms with van der Waals surface area (Å²) in [5.41, 5.74) is -1.51. The zero-order valence-corrected chi connectivity index (χ0v) is 16.6. The van der Waals surface area contributed by atoms with Crippen LogP contribution in [0.4, 0.5) is 13.2 Å². The van der Waals surface area contributed by atoms with E-state index in [9.17, 15) is 27.6 Å². The third kappa shape index (κ3) is 4.97. The normalized spacial score (nSPS) is 10.5. The zero-order chi connectivity index (χ0) is 23.3. The van der Waals surface area contributed by atoms with Gasteiger partial charge in [-0.05, 0) is 5.56 Å². The van der Waals surface area contributed by atoms with E-state index in [1.165, 1.54) is 0 Å². The second kappa shape index (κ2) is 9.82. The Hall–Kier alpha value is -4.08. The summed E-state index contributed by atoms with van der Waals surface area (Å²) in [5.74, 6) is -6.71. The molecule has 0 aliphatic heterocycles. The molecule has 3 rings (SSSR count). The van der Waals surface area contributed by atoms with Crippen LogP contribution in [-0.2, 0) is 17.9 Å². The highest BCUT2D eigenvalue weighted by molar-refractivity contribution is 5.95. The smallest absolute Gasteiger partial charge is 0.378 e. The molecule has 32 heavy (non-hydrogen) atoms. The van der Waals surface area contributed by atoms with Crippen molar-refractivity contribution in [1.29, 1.82) is 0 Å². The number of esters is 1. The number of rotatable bonds is 7. The van der Waals surface area contributed by atoms with Crippen molar-refractivity contribution in [3.63, 3.8) is 0 Å². The topological polar surface area (TPSA) is 94.8 Å². The molecule has 3 aromatic rings. The Kier molecular flexibility index (Phi) is 6.93. The Morgan fingerprint density at radius 1 is 1.06 bits per heavy atom. The Balaban J connectivity index is 1.87. The predicted octanol–water partition coefficient (Wildman–Crippen LogP) is 3.35. The molecule has 0 aliphatic rings. The highest BCUT2D eigenvalue weighted by atomic mass is 19.1. The SMILES string of the molecule is COC(=O)c1occ(C(=O)NCc2c(F)cc(F)cc2F)c(=O)c1OCc1ccccc1. The minimum atomic E-state index is -1.21. The molecule has 0 saturated heterocycles.